The van der Waals surface area contributed by atoms with Crippen LogP contribution in [0.3, 0.4) is 0 Å². The number of aromatic nitrogens is 1. The number of carbonyl (C=O) groups excluding carboxylic acids is 7. The molecule has 2 fully saturated rings. The second-order valence-corrected chi connectivity index (χ2v) is 16.7. The molecule has 64 heavy (non-hydrogen) atoms. The number of hydrogen-bond donors (Lipinski definition) is 3. The maximum Gasteiger partial charge on any atom is 0.264 e. The molecule has 0 radical (unpaired) electrons. The Hall–Kier alpha value is -7.24. The van der Waals surface area contributed by atoms with E-state index in [4.69, 9.17) is 4.74 Å². The van der Waals surface area contributed by atoms with Crippen molar-refractivity contribution in [2.75, 3.05) is 61.5 Å². The van der Waals surface area contributed by atoms with Crippen LogP contribution < -0.4 is 20.9 Å². The Bertz CT molecular complexity index is 2630. The lowest BCUT2D eigenvalue weighted by Gasteiger charge is -2.36. The summed E-state index contributed by atoms with van der Waals surface area (Å²) in [7, 11) is 0. The van der Waals surface area contributed by atoms with Crippen molar-refractivity contribution >= 4 is 69.2 Å². The summed E-state index contributed by atoms with van der Waals surface area (Å²) in [6, 6.07) is 26.3. The van der Waals surface area contributed by atoms with Crippen LogP contribution in [0.1, 0.15) is 67.5 Å². The van der Waals surface area contributed by atoms with Gasteiger partial charge in [0.2, 0.25) is 17.7 Å². The number of imide groups is 2. The van der Waals surface area contributed by atoms with Gasteiger partial charge in [-0.3, -0.25) is 49.1 Å². The van der Waals surface area contributed by atoms with Gasteiger partial charge < -0.3 is 24.8 Å². The number of ether oxygens (including phenoxy) is 1. The molecule has 2 atom stereocenters. The maximum absolute atomic E-state index is 13.9. The largest absolute Gasteiger partial charge is 0.382 e. The molecule has 5 aromatic rings. The van der Waals surface area contributed by atoms with Gasteiger partial charge in [0.25, 0.3) is 23.6 Å². The van der Waals surface area contributed by atoms with Crippen LogP contribution in [0.25, 0.3) is 11.1 Å². The molecule has 3 N–H and O–H groups in total. The number of amides is 7. The number of carbonyl (C=O) groups is 7. The number of benzene rings is 4. The summed E-state index contributed by atoms with van der Waals surface area (Å²) in [4.78, 5) is 102. The predicted molar refractivity (Wildman–Crippen MR) is 238 cm³/mol. The summed E-state index contributed by atoms with van der Waals surface area (Å²) in [5.74, 6) is -2.79. The monoisotopic (exact) mass is 880 g/mol. The zero-order valence-electron chi connectivity index (χ0n) is 34.7. The lowest BCUT2D eigenvalue weighted by molar-refractivity contribution is -0.136. The van der Waals surface area contributed by atoms with E-state index < -0.39 is 35.7 Å². The normalized spacial score (nSPS) is 17.6. The molecule has 2 saturated heterocycles. The molecule has 4 aliphatic heterocycles. The van der Waals surface area contributed by atoms with E-state index in [-0.39, 0.29) is 61.3 Å². The average Bonchev–Trinajstić information content (AvgIpc) is 4.01. The molecule has 4 aliphatic rings. The second kappa shape index (κ2) is 18.2. The highest BCUT2D eigenvalue weighted by Gasteiger charge is 2.45. The molecule has 2 unspecified atom stereocenters. The van der Waals surface area contributed by atoms with Crippen LogP contribution in [0.4, 0.5) is 16.5 Å². The van der Waals surface area contributed by atoms with Crippen LogP contribution in [0.2, 0.25) is 0 Å². The lowest BCUT2D eigenvalue weighted by atomic mass is 10.00. The van der Waals surface area contributed by atoms with Crippen LogP contribution >= 0.6 is 11.3 Å². The van der Waals surface area contributed by atoms with Crippen molar-refractivity contribution in [1.82, 2.24) is 25.0 Å². The predicted octanol–water partition coefficient (Wildman–Crippen LogP) is 4.71. The number of thiazole rings is 1. The zero-order chi connectivity index (χ0) is 44.3. The van der Waals surface area contributed by atoms with E-state index in [0.717, 1.165) is 27.3 Å². The van der Waals surface area contributed by atoms with E-state index in [1.165, 1.54) is 17.4 Å². The lowest BCUT2D eigenvalue weighted by Crippen LogP contribution is -2.54. The smallest absolute Gasteiger partial charge is 0.264 e. The van der Waals surface area contributed by atoms with Crippen molar-refractivity contribution in [2.24, 2.45) is 0 Å². The second-order valence-electron chi connectivity index (χ2n) is 15.8. The van der Waals surface area contributed by atoms with Gasteiger partial charge in [-0.05, 0) is 59.0 Å². The maximum atomic E-state index is 13.9. The average molecular weight is 881 g/mol. The number of nitrogens with zero attached hydrogens (tertiary/aromatic N) is 5. The third-order valence-corrected chi connectivity index (χ3v) is 12.7. The quantitative estimate of drug-likeness (QED) is 0.103. The zero-order valence-corrected chi connectivity index (χ0v) is 35.5. The summed E-state index contributed by atoms with van der Waals surface area (Å²) < 4.78 is 5.75. The van der Waals surface area contributed by atoms with E-state index in [0.29, 0.717) is 61.2 Å². The molecular weight excluding hydrogens is 837 g/mol. The molecule has 0 spiro atoms. The number of fused-ring (bicyclic) bond motifs is 2. The van der Waals surface area contributed by atoms with Crippen molar-refractivity contribution in [3.05, 3.63) is 130 Å². The first-order valence-corrected chi connectivity index (χ1v) is 22.0. The van der Waals surface area contributed by atoms with Gasteiger partial charge in [-0.1, -0.05) is 60.7 Å². The van der Waals surface area contributed by atoms with Gasteiger partial charge in [-0.2, -0.15) is 0 Å². The third kappa shape index (κ3) is 8.46. The Labute approximate surface area is 372 Å². The number of piperazine rings is 1. The number of piperidine rings is 1. The molecule has 9 rings (SSSR count). The molecule has 4 aromatic carbocycles. The van der Waals surface area contributed by atoms with Crippen LogP contribution in [0, 0.1) is 0 Å². The van der Waals surface area contributed by atoms with Crippen molar-refractivity contribution in [1.29, 1.82) is 0 Å². The molecule has 0 saturated carbocycles. The van der Waals surface area contributed by atoms with E-state index >= 15 is 0 Å². The van der Waals surface area contributed by atoms with Crippen LogP contribution in [0.5, 0.6) is 0 Å². The highest BCUT2D eigenvalue weighted by Crippen LogP contribution is 2.36. The van der Waals surface area contributed by atoms with Crippen molar-refractivity contribution in [3.63, 3.8) is 0 Å². The molecule has 5 heterocycles. The Morgan fingerprint density at radius 2 is 1.61 bits per heavy atom. The number of nitrogens with one attached hydrogen (secondary N) is 3. The van der Waals surface area contributed by atoms with E-state index in [1.54, 1.807) is 28.6 Å². The van der Waals surface area contributed by atoms with Gasteiger partial charge in [-0.15, -0.1) is 11.3 Å². The fraction of sp³-hybridized carbons (Fsp3) is 0.277. The topological polar surface area (TPSA) is 191 Å². The van der Waals surface area contributed by atoms with E-state index in [9.17, 15) is 33.6 Å². The summed E-state index contributed by atoms with van der Waals surface area (Å²) >= 11 is 1.32. The van der Waals surface area contributed by atoms with Gasteiger partial charge in [0, 0.05) is 74.2 Å². The standard InChI is InChI=1S/C47H44N8O8S/c56-38-16-15-37(42(58)50-38)55-45(61)34-7-4-8-36(40(34)46(55)62)48-18-25-63-24-17-39(57)53-22-20-52(21-23-53)33-13-11-29(12-14-33)31-9-10-32-28-54(44(60)35(32)27-31)41(30-5-2-1-3-6-30)43(59)51-47-49-19-26-64-47/h1-14,19,26-27,37,41,48H,15-18,20-25,28H2,(H,49,51,59)(H,50,56,58). The highest BCUT2D eigenvalue weighted by atomic mass is 32.1. The molecular formula is C47H44N8O8S. The van der Waals surface area contributed by atoms with Crippen LogP contribution in [0.15, 0.2) is 103 Å². The number of anilines is 3. The van der Waals surface area contributed by atoms with Crippen molar-refractivity contribution in [3.8, 4) is 11.1 Å². The number of rotatable bonds is 14. The van der Waals surface area contributed by atoms with Crippen molar-refractivity contribution < 1.29 is 38.3 Å². The summed E-state index contributed by atoms with van der Waals surface area (Å²) in [5.41, 5.74) is 5.83. The molecule has 7 amide bonds. The minimum absolute atomic E-state index is 0.00134. The fourth-order valence-electron chi connectivity index (χ4n) is 8.70. The Kier molecular flexibility index (Phi) is 12.0. The molecule has 0 bridgehead atoms. The first kappa shape index (κ1) is 42.1. The SMILES string of the molecule is O=C1CCC(N2C(=O)c3cccc(NCCOCCC(=O)N4CCN(c5ccc(-c6ccc7c(c6)C(=O)N(C(C(=O)Nc6nccs6)c6ccccc6)C7)cc5)CC4)c3C2=O)C(=O)N1. The van der Waals surface area contributed by atoms with Crippen molar-refractivity contribution in [2.45, 2.75) is 37.9 Å². The highest BCUT2D eigenvalue weighted by molar-refractivity contribution is 7.13. The Morgan fingerprint density at radius 3 is 2.36 bits per heavy atom. The Balaban J connectivity index is 0.731. The minimum atomic E-state index is -1.04. The third-order valence-electron chi connectivity index (χ3n) is 12.0. The fourth-order valence-corrected chi connectivity index (χ4v) is 9.23. The molecule has 16 nitrogen and oxygen atoms in total. The van der Waals surface area contributed by atoms with Gasteiger partial charge >= 0.3 is 0 Å². The first-order valence-electron chi connectivity index (χ1n) is 21.1. The van der Waals surface area contributed by atoms with Crippen LogP contribution in [-0.2, 0) is 30.5 Å². The van der Waals surface area contributed by atoms with Gasteiger partial charge in [0.15, 0.2) is 5.13 Å². The summed E-state index contributed by atoms with van der Waals surface area (Å²) in [5, 5.41) is 10.5. The van der Waals surface area contributed by atoms with Gasteiger partial charge in [0.1, 0.15) is 12.1 Å². The first-order chi connectivity index (χ1) is 31.1. The summed E-state index contributed by atoms with van der Waals surface area (Å²) in [6.07, 6.45) is 1.96. The molecule has 17 heteroatoms. The Morgan fingerprint density at radius 1 is 0.828 bits per heavy atom. The molecule has 1 aromatic heterocycles. The van der Waals surface area contributed by atoms with Crippen LogP contribution in [-0.4, -0.2) is 113 Å². The molecule has 0 aliphatic carbocycles. The van der Waals surface area contributed by atoms with Gasteiger partial charge in [0.05, 0.1) is 30.8 Å². The summed E-state index contributed by atoms with van der Waals surface area (Å²) in [6.45, 7) is 3.57. The van der Waals surface area contributed by atoms with Gasteiger partial charge in [-0.25, -0.2) is 4.98 Å². The van der Waals surface area contributed by atoms with E-state index in [1.807, 2.05) is 65.6 Å². The number of hydrogen-bond acceptors (Lipinski definition) is 12. The van der Waals surface area contributed by atoms with E-state index in [2.05, 4.69) is 38.0 Å². The minimum Gasteiger partial charge on any atom is -0.382 e. The molecule has 326 valence electrons.